The predicted molar refractivity (Wildman–Crippen MR) is 96.6 cm³/mol. The van der Waals surface area contributed by atoms with Crippen LogP contribution in [0.2, 0.25) is 0 Å². The average Bonchev–Trinajstić information content (AvgIpc) is 2.80. The summed E-state index contributed by atoms with van der Waals surface area (Å²) in [5.41, 5.74) is -0.929. The van der Waals surface area contributed by atoms with Crippen molar-refractivity contribution < 1.29 is 18.3 Å². The molecule has 0 radical (unpaired) electrons. The molecule has 7 heteroatoms. The van der Waals surface area contributed by atoms with Crippen LogP contribution in [-0.4, -0.2) is 72.6 Å². The molecule has 0 aromatic heterocycles. The number of carbonyl (C=O) groups is 1. The Morgan fingerprint density at radius 1 is 1.32 bits per heavy atom. The van der Waals surface area contributed by atoms with Gasteiger partial charge in [-0.25, -0.2) is 8.42 Å². The first-order chi connectivity index (χ1) is 11.5. The number of piperazine rings is 1. The van der Waals surface area contributed by atoms with Gasteiger partial charge < -0.3 is 5.11 Å². The Balaban J connectivity index is 1.76. The zero-order chi connectivity index (χ0) is 18.6. The van der Waals surface area contributed by atoms with Crippen LogP contribution in [0.5, 0.6) is 0 Å². The Kier molecular flexibility index (Phi) is 4.85. The molecule has 1 aliphatic heterocycles. The lowest BCUT2D eigenvalue weighted by Crippen LogP contribution is -2.57. The van der Waals surface area contributed by atoms with Crippen LogP contribution in [0.3, 0.4) is 0 Å². The summed E-state index contributed by atoms with van der Waals surface area (Å²) in [5.74, 6) is 0.441. The van der Waals surface area contributed by atoms with E-state index >= 15 is 0 Å². The molecule has 3 fully saturated rings. The van der Waals surface area contributed by atoms with Gasteiger partial charge in [-0.2, -0.15) is 4.31 Å². The van der Waals surface area contributed by atoms with Gasteiger partial charge in [0, 0.05) is 44.1 Å². The van der Waals surface area contributed by atoms with Crippen LogP contribution in [0.4, 0.5) is 0 Å². The molecule has 2 aliphatic carbocycles. The molecule has 0 amide bonds. The minimum absolute atomic E-state index is 0.0386. The number of aliphatic hydroxyl groups is 1. The van der Waals surface area contributed by atoms with Gasteiger partial charge in [0.1, 0.15) is 5.78 Å². The molecule has 25 heavy (non-hydrogen) atoms. The van der Waals surface area contributed by atoms with Crippen molar-refractivity contribution in [3.63, 3.8) is 0 Å². The van der Waals surface area contributed by atoms with E-state index in [0.29, 0.717) is 44.9 Å². The van der Waals surface area contributed by atoms with E-state index < -0.39 is 21.5 Å². The summed E-state index contributed by atoms with van der Waals surface area (Å²) < 4.78 is 28.0. The van der Waals surface area contributed by atoms with Crippen molar-refractivity contribution >= 4 is 15.8 Å². The Bertz CT molecular complexity index is 645. The SMILES string of the molecule is C[C@H](O)CN1CCN(S(=O)(=O)C[C@@]23CC[C@@H](CC2=O)C3(C)C)[C@@H](C)C1. The van der Waals surface area contributed by atoms with Crippen molar-refractivity contribution in [2.75, 3.05) is 31.9 Å². The summed E-state index contributed by atoms with van der Waals surface area (Å²) in [4.78, 5) is 14.8. The van der Waals surface area contributed by atoms with Crippen LogP contribution < -0.4 is 0 Å². The van der Waals surface area contributed by atoms with Gasteiger partial charge in [0.05, 0.1) is 11.9 Å². The first kappa shape index (κ1) is 19.3. The van der Waals surface area contributed by atoms with Crippen LogP contribution in [0.25, 0.3) is 0 Å². The molecule has 1 heterocycles. The number of β-amino-alcohol motifs (C(OH)–C–C–N with tert-alkyl or cyclic N) is 1. The number of aliphatic hydroxyl groups excluding tert-OH is 1. The van der Waals surface area contributed by atoms with E-state index in [2.05, 4.69) is 18.7 Å². The maximum absolute atomic E-state index is 13.2. The number of sulfonamides is 1. The molecule has 1 N–H and O–H groups in total. The number of hydrogen-bond donors (Lipinski definition) is 1. The average molecular weight is 373 g/mol. The monoisotopic (exact) mass is 372 g/mol. The quantitative estimate of drug-likeness (QED) is 0.782. The third kappa shape index (κ3) is 3.07. The molecule has 4 atom stereocenters. The highest BCUT2D eigenvalue weighted by Gasteiger charge is 2.65. The van der Waals surface area contributed by atoms with Gasteiger partial charge in [0.25, 0.3) is 0 Å². The highest BCUT2D eigenvalue weighted by Crippen LogP contribution is 2.64. The second kappa shape index (κ2) is 6.29. The Morgan fingerprint density at radius 3 is 2.48 bits per heavy atom. The zero-order valence-corrected chi connectivity index (χ0v) is 16.7. The van der Waals surface area contributed by atoms with E-state index in [0.717, 1.165) is 6.42 Å². The van der Waals surface area contributed by atoms with Crippen LogP contribution in [-0.2, 0) is 14.8 Å². The molecular weight excluding hydrogens is 340 g/mol. The van der Waals surface area contributed by atoms with Crippen molar-refractivity contribution in [2.24, 2.45) is 16.7 Å². The van der Waals surface area contributed by atoms with Gasteiger partial charge in [0.15, 0.2) is 0 Å². The van der Waals surface area contributed by atoms with Gasteiger partial charge in [-0.15, -0.1) is 0 Å². The van der Waals surface area contributed by atoms with Crippen LogP contribution >= 0.6 is 0 Å². The summed E-state index contributed by atoms with van der Waals surface area (Å²) in [6.07, 6.45) is 1.80. The van der Waals surface area contributed by atoms with Crippen LogP contribution in [0.15, 0.2) is 0 Å². The van der Waals surface area contributed by atoms with E-state index in [4.69, 9.17) is 0 Å². The Hall–Kier alpha value is -0.500. The van der Waals surface area contributed by atoms with Crippen molar-refractivity contribution in [3.8, 4) is 0 Å². The van der Waals surface area contributed by atoms with Gasteiger partial charge in [-0.3, -0.25) is 9.69 Å². The Labute approximate surface area is 151 Å². The van der Waals surface area contributed by atoms with Gasteiger partial charge in [-0.05, 0) is 38.0 Å². The van der Waals surface area contributed by atoms with Gasteiger partial charge in [-0.1, -0.05) is 13.8 Å². The third-order valence-electron chi connectivity index (χ3n) is 7.10. The molecular formula is C18H32N2O4S. The van der Waals surface area contributed by atoms with E-state index in [1.807, 2.05) is 6.92 Å². The normalized spacial score (nSPS) is 37.6. The van der Waals surface area contributed by atoms with Crippen LogP contribution in [0, 0.1) is 16.7 Å². The van der Waals surface area contributed by atoms with Crippen molar-refractivity contribution in [1.82, 2.24) is 9.21 Å². The Morgan fingerprint density at radius 2 is 2.00 bits per heavy atom. The fourth-order valence-corrected chi connectivity index (χ4v) is 7.91. The van der Waals surface area contributed by atoms with Gasteiger partial charge in [0.2, 0.25) is 10.0 Å². The highest BCUT2D eigenvalue weighted by atomic mass is 32.2. The highest BCUT2D eigenvalue weighted by molar-refractivity contribution is 7.89. The molecule has 1 saturated heterocycles. The molecule has 0 aromatic rings. The number of rotatable bonds is 5. The van der Waals surface area contributed by atoms with Crippen molar-refractivity contribution in [3.05, 3.63) is 0 Å². The second-order valence-corrected chi connectivity index (χ2v) is 10.9. The van der Waals surface area contributed by atoms with Gasteiger partial charge >= 0.3 is 0 Å². The molecule has 2 bridgehead atoms. The molecule has 3 rings (SSSR count). The fraction of sp³-hybridized carbons (Fsp3) is 0.944. The number of carbonyl (C=O) groups excluding carboxylic acids is 1. The number of hydrogen-bond acceptors (Lipinski definition) is 5. The molecule has 144 valence electrons. The number of fused-ring (bicyclic) bond motifs is 2. The fourth-order valence-electron chi connectivity index (χ4n) is 5.47. The molecule has 0 unspecified atom stereocenters. The molecule has 2 saturated carbocycles. The molecule has 6 nitrogen and oxygen atoms in total. The zero-order valence-electron chi connectivity index (χ0n) is 15.9. The summed E-state index contributed by atoms with van der Waals surface area (Å²) in [5, 5.41) is 9.55. The largest absolute Gasteiger partial charge is 0.392 e. The maximum atomic E-state index is 13.2. The molecule has 0 aromatic carbocycles. The number of nitrogens with zero attached hydrogens (tertiary/aromatic N) is 2. The molecule has 0 spiro atoms. The second-order valence-electron chi connectivity index (χ2n) is 8.99. The summed E-state index contributed by atoms with van der Waals surface area (Å²) in [6.45, 7) is 10.1. The minimum atomic E-state index is -3.49. The smallest absolute Gasteiger partial charge is 0.215 e. The summed E-state index contributed by atoms with van der Waals surface area (Å²) in [6, 6.07) is -0.134. The van der Waals surface area contributed by atoms with Crippen LogP contribution in [0.1, 0.15) is 47.0 Å². The van der Waals surface area contributed by atoms with E-state index in [1.165, 1.54) is 0 Å². The standard InChI is InChI=1S/C18H32N2O4S/c1-13-10-19(11-14(2)21)7-8-20(13)25(23,24)12-18-6-5-15(9-16(18)22)17(18,3)4/h13-15,21H,5-12H2,1-4H3/t13-,14-,15-,18-/m0/s1. The number of Topliss-reactive ketones (excluding diaryl/α,β-unsaturated/α-hetero) is 1. The van der Waals surface area contributed by atoms with E-state index in [1.54, 1.807) is 11.2 Å². The predicted octanol–water partition coefficient (Wildman–Crippen LogP) is 1.10. The van der Waals surface area contributed by atoms with Crippen molar-refractivity contribution in [2.45, 2.75) is 59.1 Å². The third-order valence-corrected chi connectivity index (χ3v) is 9.21. The first-order valence-corrected chi connectivity index (χ1v) is 11.0. The minimum Gasteiger partial charge on any atom is -0.392 e. The summed E-state index contributed by atoms with van der Waals surface area (Å²) >= 11 is 0. The number of ketones is 1. The van der Waals surface area contributed by atoms with Crippen molar-refractivity contribution in [1.29, 1.82) is 0 Å². The lowest BCUT2D eigenvalue weighted by Gasteiger charge is -2.42. The first-order valence-electron chi connectivity index (χ1n) is 9.43. The molecule has 3 aliphatic rings. The van der Waals surface area contributed by atoms with E-state index in [-0.39, 0.29) is 23.0 Å². The lowest BCUT2D eigenvalue weighted by atomic mass is 9.70. The summed E-state index contributed by atoms with van der Waals surface area (Å²) in [7, 11) is -3.49. The lowest BCUT2D eigenvalue weighted by molar-refractivity contribution is -0.128. The maximum Gasteiger partial charge on any atom is 0.215 e. The topological polar surface area (TPSA) is 77.9 Å². The van der Waals surface area contributed by atoms with E-state index in [9.17, 15) is 18.3 Å².